The van der Waals surface area contributed by atoms with Crippen LogP contribution in [0.25, 0.3) is 11.3 Å². The molecule has 3 heterocycles. The van der Waals surface area contributed by atoms with Crippen LogP contribution in [0.15, 0.2) is 57.9 Å². The Kier molecular flexibility index (Phi) is 6.53. The number of hydrogen-bond acceptors (Lipinski definition) is 9. The number of nitrogens with one attached hydrogen (secondary N) is 1. The van der Waals surface area contributed by atoms with Crippen molar-refractivity contribution < 1.29 is 18.7 Å². The molecule has 0 atom stereocenters. The Balaban J connectivity index is 1.37. The molecule has 4 aromatic rings. The van der Waals surface area contributed by atoms with Crippen LogP contribution in [0.1, 0.15) is 5.76 Å². The number of aromatic nitrogens is 4. The van der Waals surface area contributed by atoms with E-state index in [9.17, 15) is 4.79 Å². The van der Waals surface area contributed by atoms with Crippen LogP contribution >= 0.6 is 23.1 Å². The van der Waals surface area contributed by atoms with Gasteiger partial charge in [0, 0.05) is 17.0 Å². The minimum Gasteiger partial charge on any atom is -0.497 e. The van der Waals surface area contributed by atoms with E-state index >= 15 is 0 Å². The van der Waals surface area contributed by atoms with E-state index in [-0.39, 0.29) is 11.7 Å². The van der Waals surface area contributed by atoms with Crippen molar-refractivity contribution in [3.05, 3.63) is 54.1 Å². The van der Waals surface area contributed by atoms with E-state index in [1.54, 1.807) is 32.9 Å². The molecular weight excluding hydrogens is 438 g/mol. The number of anilines is 1. The zero-order chi connectivity index (χ0) is 21.6. The molecule has 0 spiro atoms. The summed E-state index contributed by atoms with van der Waals surface area (Å²) in [6.07, 6.45) is 3.22. The van der Waals surface area contributed by atoms with Crippen molar-refractivity contribution in [1.29, 1.82) is 0 Å². The van der Waals surface area contributed by atoms with Gasteiger partial charge in [-0.15, -0.1) is 21.5 Å². The molecule has 0 radical (unpaired) electrons. The van der Waals surface area contributed by atoms with Gasteiger partial charge in [-0.05, 0) is 24.3 Å². The number of furan rings is 1. The highest BCUT2D eigenvalue weighted by molar-refractivity contribution is 7.99. The third-order valence-electron chi connectivity index (χ3n) is 4.25. The van der Waals surface area contributed by atoms with Crippen molar-refractivity contribution in [3.63, 3.8) is 0 Å². The maximum Gasteiger partial charge on any atom is 0.236 e. The van der Waals surface area contributed by atoms with Gasteiger partial charge in [0.05, 0.1) is 38.5 Å². The van der Waals surface area contributed by atoms with Gasteiger partial charge in [-0.3, -0.25) is 4.79 Å². The van der Waals surface area contributed by atoms with Crippen molar-refractivity contribution in [2.75, 3.05) is 25.3 Å². The van der Waals surface area contributed by atoms with Crippen molar-refractivity contribution in [1.82, 2.24) is 19.7 Å². The number of methoxy groups -OCH3 is 2. The molecule has 0 fully saturated rings. The second-order valence-corrected chi connectivity index (χ2v) is 8.06. The normalized spacial score (nSPS) is 10.8. The van der Waals surface area contributed by atoms with Gasteiger partial charge in [0.2, 0.25) is 5.91 Å². The van der Waals surface area contributed by atoms with E-state index in [1.807, 2.05) is 34.2 Å². The Labute approximate surface area is 186 Å². The Bertz CT molecular complexity index is 1160. The Morgan fingerprint density at radius 1 is 1.29 bits per heavy atom. The minimum atomic E-state index is -0.180. The van der Waals surface area contributed by atoms with Gasteiger partial charge in [0.1, 0.15) is 23.6 Å². The van der Waals surface area contributed by atoms with Crippen LogP contribution < -0.4 is 14.8 Å². The molecule has 0 saturated carbocycles. The minimum absolute atomic E-state index is 0.178. The summed E-state index contributed by atoms with van der Waals surface area (Å²) >= 11 is 2.64. The molecule has 0 aliphatic rings. The predicted octanol–water partition coefficient (Wildman–Crippen LogP) is 3.79. The van der Waals surface area contributed by atoms with Crippen LogP contribution in [0, 0.1) is 0 Å². The van der Waals surface area contributed by atoms with Crippen LogP contribution in [-0.4, -0.2) is 45.6 Å². The number of ether oxygens (including phenoxy) is 2. The van der Waals surface area contributed by atoms with Crippen LogP contribution in [0.3, 0.4) is 0 Å². The molecule has 11 heteroatoms. The summed E-state index contributed by atoms with van der Waals surface area (Å²) in [6, 6.07) is 9.20. The summed E-state index contributed by atoms with van der Waals surface area (Å²) in [4.78, 5) is 16.9. The van der Waals surface area contributed by atoms with E-state index in [2.05, 4.69) is 20.5 Å². The van der Waals surface area contributed by atoms with Crippen molar-refractivity contribution >= 4 is 34.1 Å². The zero-order valence-corrected chi connectivity index (χ0v) is 18.4. The first-order valence-electron chi connectivity index (χ1n) is 9.17. The summed E-state index contributed by atoms with van der Waals surface area (Å²) < 4.78 is 17.8. The van der Waals surface area contributed by atoms with Gasteiger partial charge in [-0.1, -0.05) is 11.8 Å². The molecule has 0 aliphatic heterocycles. The molecule has 0 saturated heterocycles. The average Bonchev–Trinajstić information content (AvgIpc) is 3.55. The summed E-state index contributed by atoms with van der Waals surface area (Å²) in [6.45, 7) is 0.503. The number of hydrogen-bond donors (Lipinski definition) is 1. The maximum atomic E-state index is 12.4. The molecule has 0 unspecified atom stereocenters. The summed E-state index contributed by atoms with van der Waals surface area (Å²) in [7, 11) is 3.19. The molecule has 160 valence electrons. The van der Waals surface area contributed by atoms with E-state index in [1.165, 1.54) is 23.1 Å². The lowest BCUT2D eigenvalue weighted by Gasteiger charge is -2.08. The lowest BCUT2D eigenvalue weighted by Crippen LogP contribution is -2.14. The summed E-state index contributed by atoms with van der Waals surface area (Å²) in [5.74, 6) is 2.13. The van der Waals surface area contributed by atoms with Crippen LogP contribution in [-0.2, 0) is 11.3 Å². The third-order valence-corrected chi connectivity index (χ3v) is 5.99. The molecule has 9 nitrogen and oxygen atoms in total. The Morgan fingerprint density at radius 2 is 2.19 bits per heavy atom. The van der Waals surface area contributed by atoms with Crippen LogP contribution in [0.4, 0.5) is 5.13 Å². The molecule has 3 aromatic heterocycles. The number of carbonyl (C=O) groups is 1. The largest absolute Gasteiger partial charge is 0.497 e. The molecule has 1 aromatic carbocycles. The lowest BCUT2D eigenvalue weighted by atomic mass is 10.1. The first kappa shape index (κ1) is 20.9. The quantitative estimate of drug-likeness (QED) is 0.379. The lowest BCUT2D eigenvalue weighted by molar-refractivity contribution is -0.113. The highest BCUT2D eigenvalue weighted by Crippen LogP contribution is 2.34. The summed E-state index contributed by atoms with van der Waals surface area (Å²) in [5, 5.41) is 13.8. The third kappa shape index (κ3) is 5.06. The zero-order valence-electron chi connectivity index (χ0n) is 16.8. The number of thioether (sulfide) groups is 1. The molecular formula is C20H19N5O4S2. The monoisotopic (exact) mass is 457 g/mol. The molecule has 0 aliphatic carbocycles. The number of benzene rings is 1. The SMILES string of the molecule is COc1ccc(-c2csc(NC(=O)CSc3nncn3Cc3ccco3)n2)c(OC)c1. The average molecular weight is 458 g/mol. The first-order valence-corrected chi connectivity index (χ1v) is 11.0. The molecule has 1 N–H and O–H groups in total. The molecule has 0 bridgehead atoms. The Morgan fingerprint density at radius 3 is 2.97 bits per heavy atom. The van der Waals surface area contributed by atoms with E-state index in [0.29, 0.717) is 34.0 Å². The summed E-state index contributed by atoms with van der Waals surface area (Å²) in [5.41, 5.74) is 1.53. The van der Waals surface area contributed by atoms with Crippen molar-refractivity contribution in [3.8, 4) is 22.8 Å². The first-order chi connectivity index (χ1) is 15.2. The van der Waals surface area contributed by atoms with Gasteiger partial charge in [0.15, 0.2) is 10.3 Å². The van der Waals surface area contributed by atoms with Gasteiger partial charge >= 0.3 is 0 Å². The number of nitrogens with zero attached hydrogens (tertiary/aromatic N) is 4. The van der Waals surface area contributed by atoms with Gasteiger partial charge in [0.25, 0.3) is 0 Å². The van der Waals surface area contributed by atoms with E-state index in [0.717, 1.165) is 11.3 Å². The fourth-order valence-corrected chi connectivity index (χ4v) is 4.23. The van der Waals surface area contributed by atoms with Gasteiger partial charge in [-0.25, -0.2) is 4.98 Å². The number of thiazole rings is 1. The van der Waals surface area contributed by atoms with Crippen molar-refractivity contribution in [2.24, 2.45) is 0 Å². The second-order valence-electron chi connectivity index (χ2n) is 6.26. The van der Waals surface area contributed by atoms with E-state index in [4.69, 9.17) is 13.9 Å². The number of carbonyl (C=O) groups excluding carboxylic acids is 1. The fraction of sp³-hybridized carbons (Fsp3) is 0.200. The highest BCUT2D eigenvalue weighted by atomic mass is 32.2. The number of amides is 1. The molecule has 1 amide bonds. The fourth-order valence-electron chi connectivity index (χ4n) is 2.79. The predicted molar refractivity (Wildman–Crippen MR) is 118 cm³/mol. The standard InChI is InChI=1S/C20H19N5O4S2/c1-27-13-5-6-15(17(8-13)28-2)16-10-30-19(22-16)23-18(26)11-31-20-24-21-12-25(20)9-14-4-3-7-29-14/h3-8,10,12H,9,11H2,1-2H3,(H,22,23,26). The van der Waals surface area contributed by atoms with Gasteiger partial charge in [-0.2, -0.15) is 0 Å². The molecule has 4 rings (SSSR count). The maximum absolute atomic E-state index is 12.4. The smallest absolute Gasteiger partial charge is 0.236 e. The van der Waals surface area contributed by atoms with Gasteiger partial charge < -0.3 is 23.8 Å². The number of rotatable bonds is 9. The van der Waals surface area contributed by atoms with Crippen LogP contribution in [0.2, 0.25) is 0 Å². The topological polar surface area (TPSA) is 104 Å². The van der Waals surface area contributed by atoms with Crippen molar-refractivity contribution in [2.45, 2.75) is 11.7 Å². The second kappa shape index (κ2) is 9.67. The van der Waals surface area contributed by atoms with Crippen LogP contribution in [0.5, 0.6) is 11.5 Å². The van der Waals surface area contributed by atoms with E-state index < -0.39 is 0 Å². The Hall–Kier alpha value is -3.31. The highest BCUT2D eigenvalue weighted by Gasteiger charge is 2.14. The molecule has 31 heavy (non-hydrogen) atoms.